The van der Waals surface area contributed by atoms with Crippen LogP contribution in [0.1, 0.15) is 25.8 Å². The van der Waals surface area contributed by atoms with E-state index in [0.717, 1.165) is 24.9 Å². The van der Waals surface area contributed by atoms with Gasteiger partial charge < -0.3 is 5.32 Å². The van der Waals surface area contributed by atoms with Gasteiger partial charge in [0.15, 0.2) is 0 Å². The number of hydrogen-bond donors (Lipinski definition) is 1. The third-order valence-electron chi connectivity index (χ3n) is 2.41. The molecule has 0 aliphatic heterocycles. The number of halogens is 1. The maximum absolute atomic E-state index is 12.8. The smallest absolute Gasteiger partial charge is 0.123 e. The highest BCUT2D eigenvalue weighted by Gasteiger charge is 1.98. The molecule has 78 valence electrons. The summed E-state index contributed by atoms with van der Waals surface area (Å²) >= 11 is 0. The van der Waals surface area contributed by atoms with Crippen LogP contribution in [-0.4, -0.2) is 12.6 Å². The molecule has 1 atom stereocenters. The van der Waals surface area contributed by atoms with Crippen molar-refractivity contribution in [3.63, 3.8) is 0 Å². The average molecular weight is 195 g/mol. The van der Waals surface area contributed by atoms with Crippen molar-refractivity contribution in [2.24, 2.45) is 0 Å². The second-order valence-corrected chi connectivity index (χ2v) is 3.64. The van der Waals surface area contributed by atoms with Crippen LogP contribution in [0, 0.1) is 5.82 Å². The molecule has 0 aliphatic carbocycles. The molecule has 0 spiro atoms. The summed E-state index contributed by atoms with van der Waals surface area (Å²) in [5.41, 5.74) is 1.06. The van der Waals surface area contributed by atoms with Gasteiger partial charge >= 0.3 is 0 Å². The second kappa shape index (κ2) is 5.76. The summed E-state index contributed by atoms with van der Waals surface area (Å²) < 4.78 is 12.8. The van der Waals surface area contributed by atoms with Gasteiger partial charge in [0.1, 0.15) is 5.82 Å². The van der Waals surface area contributed by atoms with Gasteiger partial charge in [-0.05, 0) is 44.0 Å². The molecule has 0 bridgehead atoms. The van der Waals surface area contributed by atoms with Gasteiger partial charge in [0.2, 0.25) is 0 Å². The molecule has 0 heterocycles. The van der Waals surface area contributed by atoms with Crippen LogP contribution >= 0.6 is 0 Å². The third kappa shape index (κ3) is 3.88. The lowest BCUT2D eigenvalue weighted by Crippen LogP contribution is -2.27. The summed E-state index contributed by atoms with van der Waals surface area (Å²) in [6, 6.07) is 7.34. The normalized spacial score (nSPS) is 12.8. The van der Waals surface area contributed by atoms with E-state index in [0.29, 0.717) is 6.04 Å². The Morgan fingerprint density at radius 3 is 2.86 bits per heavy atom. The van der Waals surface area contributed by atoms with Crippen molar-refractivity contribution in [2.75, 3.05) is 6.54 Å². The molecule has 0 amide bonds. The SMILES string of the molecule is CC[C@H](C)NCCc1cccc(F)c1. The molecule has 1 aromatic rings. The quantitative estimate of drug-likeness (QED) is 0.761. The lowest BCUT2D eigenvalue weighted by atomic mass is 10.1. The molecule has 0 saturated heterocycles. The van der Waals surface area contributed by atoms with Gasteiger partial charge in [-0.3, -0.25) is 0 Å². The topological polar surface area (TPSA) is 12.0 Å². The standard InChI is InChI=1S/C12H18FN/c1-3-10(2)14-8-7-11-5-4-6-12(13)9-11/h4-6,9-10,14H,3,7-8H2,1-2H3/t10-/m0/s1. The summed E-state index contributed by atoms with van der Waals surface area (Å²) in [6.07, 6.45) is 2.02. The molecular weight excluding hydrogens is 177 g/mol. The minimum absolute atomic E-state index is 0.147. The van der Waals surface area contributed by atoms with E-state index in [9.17, 15) is 4.39 Å². The van der Waals surface area contributed by atoms with E-state index in [-0.39, 0.29) is 5.82 Å². The zero-order valence-electron chi connectivity index (χ0n) is 8.89. The van der Waals surface area contributed by atoms with Gasteiger partial charge in [0.25, 0.3) is 0 Å². The Labute approximate surface area is 85.3 Å². The first kappa shape index (κ1) is 11.2. The predicted octanol–water partition coefficient (Wildman–Crippen LogP) is 2.76. The van der Waals surface area contributed by atoms with Crippen LogP contribution in [0.2, 0.25) is 0 Å². The Morgan fingerprint density at radius 2 is 2.21 bits per heavy atom. The lowest BCUT2D eigenvalue weighted by molar-refractivity contribution is 0.536. The van der Waals surface area contributed by atoms with Gasteiger partial charge in [-0.1, -0.05) is 19.1 Å². The third-order valence-corrected chi connectivity index (χ3v) is 2.41. The molecule has 0 radical (unpaired) electrons. The molecule has 1 nitrogen and oxygen atoms in total. The van der Waals surface area contributed by atoms with Gasteiger partial charge in [-0.2, -0.15) is 0 Å². The van der Waals surface area contributed by atoms with Gasteiger partial charge in [-0.15, -0.1) is 0 Å². The molecule has 0 fully saturated rings. The monoisotopic (exact) mass is 195 g/mol. The molecule has 0 aliphatic rings. The van der Waals surface area contributed by atoms with Crippen molar-refractivity contribution in [1.82, 2.24) is 5.32 Å². The Bertz CT molecular complexity index is 273. The highest BCUT2D eigenvalue weighted by Crippen LogP contribution is 2.03. The fourth-order valence-electron chi connectivity index (χ4n) is 1.30. The van der Waals surface area contributed by atoms with E-state index in [4.69, 9.17) is 0 Å². The Kier molecular flexibility index (Phi) is 4.60. The average Bonchev–Trinajstić information content (AvgIpc) is 2.17. The lowest BCUT2D eigenvalue weighted by Gasteiger charge is -2.10. The van der Waals surface area contributed by atoms with E-state index in [1.807, 2.05) is 6.07 Å². The van der Waals surface area contributed by atoms with Crippen molar-refractivity contribution in [3.05, 3.63) is 35.6 Å². The van der Waals surface area contributed by atoms with Crippen LogP contribution in [0.5, 0.6) is 0 Å². The summed E-state index contributed by atoms with van der Waals surface area (Å²) in [5.74, 6) is -0.147. The van der Waals surface area contributed by atoms with Crippen LogP contribution in [0.4, 0.5) is 4.39 Å². The highest BCUT2D eigenvalue weighted by atomic mass is 19.1. The largest absolute Gasteiger partial charge is 0.314 e. The second-order valence-electron chi connectivity index (χ2n) is 3.64. The molecule has 1 N–H and O–H groups in total. The van der Waals surface area contributed by atoms with E-state index >= 15 is 0 Å². The minimum atomic E-state index is -0.147. The number of rotatable bonds is 5. The van der Waals surface area contributed by atoms with Crippen LogP contribution in [0.3, 0.4) is 0 Å². The summed E-state index contributed by atoms with van der Waals surface area (Å²) in [7, 11) is 0. The van der Waals surface area contributed by atoms with Crippen LogP contribution in [0.15, 0.2) is 24.3 Å². The van der Waals surface area contributed by atoms with Crippen molar-refractivity contribution in [3.8, 4) is 0 Å². The van der Waals surface area contributed by atoms with E-state index in [2.05, 4.69) is 19.2 Å². The Balaban J connectivity index is 2.31. The first-order valence-electron chi connectivity index (χ1n) is 5.20. The summed E-state index contributed by atoms with van der Waals surface area (Å²) in [5, 5.41) is 3.38. The zero-order chi connectivity index (χ0) is 10.4. The first-order valence-corrected chi connectivity index (χ1v) is 5.20. The fourth-order valence-corrected chi connectivity index (χ4v) is 1.30. The fraction of sp³-hybridized carbons (Fsp3) is 0.500. The highest BCUT2D eigenvalue weighted by molar-refractivity contribution is 5.16. The van der Waals surface area contributed by atoms with E-state index in [1.54, 1.807) is 12.1 Å². The number of hydrogen-bond acceptors (Lipinski definition) is 1. The minimum Gasteiger partial charge on any atom is -0.314 e. The van der Waals surface area contributed by atoms with Gasteiger partial charge in [0.05, 0.1) is 0 Å². The molecule has 14 heavy (non-hydrogen) atoms. The Morgan fingerprint density at radius 1 is 1.43 bits per heavy atom. The van der Waals surface area contributed by atoms with Crippen molar-refractivity contribution < 1.29 is 4.39 Å². The number of nitrogens with one attached hydrogen (secondary N) is 1. The van der Waals surface area contributed by atoms with Crippen molar-refractivity contribution >= 4 is 0 Å². The van der Waals surface area contributed by atoms with Crippen molar-refractivity contribution in [1.29, 1.82) is 0 Å². The maximum atomic E-state index is 12.8. The summed E-state index contributed by atoms with van der Waals surface area (Å²) in [4.78, 5) is 0. The van der Waals surface area contributed by atoms with Crippen LogP contribution < -0.4 is 5.32 Å². The van der Waals surface area contributed by atoms with E-state index in [1.165, 1.54) is 6.07 Å². The Hall–Kier alpha value is -0.890. The van der Waals surface area contributed by atoms with E-state index < -0.39 is 0 Å². The zero-order valence-corrected chi connectivity index (χ0v) is 8.89. The first-order chi connectivity index (χ1) is 6.72. The molecule has 1 rings (SSSR count). The molecule has 0 aromatic heterocycles. The molecule has 1 aromatic carbocycles. The van der Waals surface area contributed by atoms with Crippen molar-refractivity contribution in [2.45, 2.75) is 32.7 Å². The van der Waals surface area contributed by atoms with Crippen LogP contribution in [-0.2, 0) is 6.42 Å². The molecule has 0 unspecified atom stereocenters. The molecule has 2 heteroatoms. The van der Waals surface area contributed by atoms with Gasteiger partial charge in [-0.25, -0.2) is 4.39 Å². The van der Waals surface area contributed by atoms with Gasteiger partial charge in [0, 0.05) is 6.04 Å². The maximum Gasteiger partial charge on any atom is 0.123 e. The summed E-state index contributed by atoms with van der Waals surface area (Å²) in [6.45, 7) is 5.23. The molecule has 0 saturated carbocycles. The van der Waals surface area contributed by atoms with Crippen LogP contribution in [0.25, 0.3) is 0 Å². The number of benzene rings is 1. The molecular formula is C12H18FN. The predicted molar refractivity (Wildman–Crippen MR) is 57.9 cm³/mol.